The highest BCUT2D eigenvalue weighted by Gasteiger charge is 2.18. The average Bonchev–Trinajstić information content (AvgIpc) is 2.58. The van der Waals surface area contributed by atoms with Crippen LogP contribution in [0.3, 0.4) is 0 Å². The van der Waals surface area contributed by atoms with Gasteiger partial charge in [-0.2, -0.15) is 12.6 Å². The predicted octanol–water partition coefficient (Wildman–Crippen LogP) is -1.32. The van der Waals surface area contributed by atoms with Gasteiger partial charge in [-0.25, -0.2) is 9.59 Å². The SMILES string of the molecule is NCCCCC(N)C(=O)NCCOCCOC(=O)NC(CS)C(=O)O. The van der Waals surface area contributed by atoms with Crippen LogP contribution in [0.15, 0.2) is 0 Å². The fraction of sp³-hybridized carbons (Fsp3) is 0.786. The number of unbranched alkanes of at least 4 members (excludes halogenated alkanes) is 1. The molecule has 0 aliphatic heterocycles. The molecule has 25 heavy (non-hydrogen) atoms. The monoisotopic (exact) mass is 380 g/mol. The Balaban J connectivity index is 3.62. The van der Waals surface area contributed by atoms with Gasteiger partial charge in [0.15, 0.2) is 0 Å². The maximum atomic E-state index is 11.6. The van der Waals surface area contributed by atoms with E-state index < -0.39 is 24.1 Å². The first kappa shape index (κ1) is 23.4. The second-order valence-electron chi connectivity index (χ2n) is 5.15. The number of ether oxygens (including phenoxy) is 2. The summed E-state index contributed by atoms with van der Waals surface area (Å²) in [6.45, 7) is 1.17. The number of carboxylic acid groups (broad SMARTS) is 1. The molecule has 0 saturated heterocycles. The van der Waals surface area contributed by atoms with Crippen LogP contribution in [-0.2, 0) is 19.1 Å². The van der Waals surface area contributed by atoms with Crippen LogP contribution in [0.1, 0.15) is 19.3 Å². The van der Waals surface area contributed by atoms with Crippen molar-refractivity contribution in [3.63, 3.8) is 0 Å². The molecule has 0 radical (unpaired) electrons. The standard InChI is InChI=1S/C14H28N4O6S/c15-4-2-1-3-10(16)12(19)17-5-6-23-7-8-24-14(22)18-11(9-25)13(20)21/h10-11,25H,1-9,15-16H2,(H,17,19)(H,18,22)(H,20,21). The van der Waals surface area contributed by atoms with Gasteiger partial charge >= 0.3 is 12.1 Å². The van der Waals surface area contributed by atoms with Crippen LogP contribution in [0.2, 0.25) is 0 Å². The zero-order valence-corrected chi connectivity index (χ0v) is 15.0. The molecule has 0 fully saturated rings. The second kappa shape index (κ2) is 14.8. The van der Waals surface area contributed by atoms with Gasteiger partial charge in [0.2, 0.25) is 5.91 Å². The number of amides is 2. The summed E-state index contributed by atoms with van der Waals surface area (Å²) in [5, 5.41) is 13.5. The Bertz CT molecular complexity index is 413. The Kier molecular flexibility index (Phi) is 13.8. The van der Waals surface area contributed by atoms with Gasteiger partial charge < -0.3 is 36.7 Å². The third-order valence-corrected chi connectivity index (χ3v) is 3.45. The van der Waals surface area contributed by atoms with E-state index in [2.05, 4.69) is 23.3 Å². The van der Waals surface area contributed by atoms with Gasteiger partial charge in [-0.3, -0.25) is 4.79 Å². The first-order valence-corrected chi connectivity index (χ1v) is 8.63. The second-order valence-corrected chi connectivity index (χ2v) is 5.51. The summed E-state index contributed by atoms with van der Waals surface area (Å²) in [6.07, 6.45) is 1.36. The molecule has 10 nitrogen and oxygen atoms in total. The summed E-state index contributed by atoms with van der Waals surface area (Å²) in [4.78, 5) is 33.7. The van der Waals surface area contributed by atoms with Crippen molar-refractivity contribution in [2.45, 2.75) is 31.3 Å². The minimum Gasteiger partial charge on any atom is -0.480 e. The van der Waals surface area contributed by atoms with Crippen molar-refractivity contribution in [1.82, 2.24) is 10.6 Å². The van der Waals surface area contributed by atoms with Gasteiger partial charge in [-0.05, 0) is 19.4 Å². The van der Waals surface area contributed by atoms with Crippen molar-refractivity contribution < 1.29 is 29.0 Å². The molecule has 2 atom stereocenters. The molecular formula is C14H28N4O6S. The lowest BCUT2D eigenvalue weighted by molar-refractivity contribution is -0.138. The number of carboxylic acids is 1. The van der Waals surface area contributed by atoms with E-state index in [0.29, 0.717) is 13.0 Å². The zero-order chi connectivity index (χ0) is 19.1. The van der Waals surface area contributed by atoms with Crippen molar-refractivity contribution in [2.75, 3.05) is 38.7 Å². The molecule has 0 bridgehead atoms. The lowest BCUT2D eigenvalue weighted by atomic mass is 10.1. The minimum atomic E-state index is -1.19. The molecule has 2 amide bonds. The fourth-order valence-electron chi connectivity index (χ4n) is 1.68. The van der Waals surface area contributed by atoms with Crippen molar-refractivity contribution >= 4 is 30.6 Å². The summed E-state index contributed by atoms with van der Waals surface area (Å²) in [5.41, 5.74) is 11.1. The molecule has 0 rings (SSSR count). The van der Waals surface area contributed by atoms with Crippen LogP contribution in [0.5, 0.6) is 0 Å². The third kappa shape index (κ3) is 12.5. The van der Waals surface area contributed by atoms with Gasteiger partial charge in [-0.15, -0.1) is 0 Å². The zero-order valence-electron chi connectivity index (χ0n) is 14.1. The molecule has 0 aliphatic carbocycles. The van der Waals surface area contributed by atoms with E-state index in [1.807, 2.05) is 0 Å². The van der Waals surface area contributed by atoms with E-state index >= 15 is 0 Å². The number of aliphatic carboxylic acids is 1. The van der Waals surface area contributed by atoms with Crippen LogP contribution < -0.4 is 22.1 Å². The van der Waals surface area contributed by atoms with Gasteiger partial charge in [0.05, 0.1) is 19.3 Å². The summed E-state index contributed by atoms with van der Waals surface area (Å²) < 4.78 is 9.94. The van der Waals surface area contributed by atoms with Crippen molar-refractivity contribution in [2.24, 2.45) is 11.5 Å². The Morgan fingerprint density at radius 3 is 2.48 bits per heavy atom. The Labute approximate surface area is 152 Å². The number of nitrogens with one attached hydrogen (secondary N) is 2. The van der Waals surface area contributed by atoms with Crippen molar-refractivity contribution in [1.29, 1.82) is 0 Å². The van der Waals surface area contributed by atoms with Crippen LogP contribution in [0.4, 0.5) is 4.79 Å². The largest absolute Gasteiger partial charge is 0.480 e. The highest BCUT2D eigenvalue weighted by molar-refractivity contribution is 7.80. The highest BCUT2D eigenvalue weighted by atomic mass is 32.1. The molecule has 0 aliphatic rings. The van der Waals surface area contributed by atoms with Gasteiger partial charge in [0.1, 0.15) is 12.6 Å². The number of nitrogens with two attached hydrogens (primary N) is 2. The first-order valence-electron chi connectivity index (χ1n) is 8.00. The molecule has 0 aromatic carbocycles. The third-order valence-electron chi connectivity index (χ3n) is 3.09. The Hall–Kier alpha value is -1.56. The van der Waals surface area contributed by atoms with E-state index in [4.69, 9.17) is 26.0 Å². The molecule has 2 unspecified atom stereocenters. The predicted molar refractivity (Wildman–Crippen MR) is 94.5 cm³/mol. The van der Waals surface area contributed by atoms with Crippen molar-refractivity contribution in [3.8, 4) is 0 Å². The number of hydrogen-bond donors (Lipinski definition) is 6. The normalized spacial score (nSPS) is 12.9. The van der Waals surface area contributed by atoms with Gasteiger partial charge in [-0.1, -0.05) is 6.42 Å². The molecule has 0 aromatic rings. The maximum absolute atomic E-state index is 11.6. The first-order chi connectivity index (χ1) is 11.9. The molecule has 0 spiro atoms. The average molecular weight is 380 g/mol. The van der Waals surface area contributed by atoms with Crippen LogP contribution >= 0.6 is 12.6 Å². The maximum Gasteiger partial charge on any atom is 0.407 e. The van der Waals surface area contributed by atoms with E-state index in [1.54, 1.807) is 0 Å². The van der Waals surface area contributed by atoms with Crippen molar-refractivity contribution in [3.05, 3.63) is 0 Å². The van der Waals surface area contributed by atoms with Crippen LogP contribution in [0, 0.1) is 0 Å². The number of hydrogen-bond acceptors (Lipinski definition) is 8. The Morgan fingerprint density at radius 2 is 1.88 bits per heavy atom. The number of alkyl carbamates (subject to hydrolysis) is 1. The molecular weight excluding hydrogens is 352 g/mol. The van der Waals surface area contributed by atoms with E-state index in [9.17, 15) is 14.4 Å². The lowest BCUT2D eigenvalue weighted by Crippen LogP contribution is -2.42. The number of carbonyl (C=O) groups excluding carboxylic acids is 2. The fourth-order valence-corrected chi connectivity index (χ4v) is 1.93. The Morgan fingerprint density at radius 1 is 1.16 bits per heavy atom. The lowest BCUT2D eigenvalue weighted by Gasteiger charge is -2.13. The molecule has 146 valence electrons. The van der Waals surface area contributed by atoms with Crippen LogP contribution in [-0.4, -0.2) is 73.8 Å². The quantitative estimate of drug-likeness (QED) is 0.159. The van der Waals surface area contributed by atoms with Crippen LogP contribution in [0.25, 0.3) is 0 Å². The number of thiol groups is 1. The topological polar surface area (TPSA) is 166 Å². The summed E-state index contributed by atoms with van der Waals surface area (Å²) in [7, 11) is 0. The molecule has 0 heterocycles. The number of rotatable bonds is 14. The molecule has 11 heteroatoms. The van der Waals surface area contributed by atoms with Gasteiger partial charge in [0, 0.05) is 12.3 Å². The molecule has 0 saturated carbocycles. The highest BCUT2D eigenvalue weighted by Crippen LogP contribution is 1.97. The summed E-state index contributed by atoms with van der Waals surface area (Å²) >= 11 is 3.81. The molecule has 0 aromatic heterocycles. The van der Waals surface area contributed by atoms with E-state index in [0.717, 1.165) is 12.8 Å². The number of carbonyl (C=O) groups is 3. The molecule has 7 N–H and O–H groups in total. The smallest absolute Gasteiger partial charge is 0.407 e. The minimum absolute atomic E-state index is 0.0444. The summed E-state index contributed by atoms with van der Waals surface area (Å²) in [5.74, 6) is -1.49. The van der Waals surface area contributed by atoms with Gasteiger partial charge in [0.25, 0.3) is 0 Å². The van der Waals surface area contributed by atoms with E-state index in [-0.39, 0.29) is 38.0 Å². The van der Waals surface area contributed by atoms with E-state index in [1.165, 1.54) is 0 Å². The summed E-state index contributed by atoms with van der Waals surface area (Å²) in [6, 6.07) is -1.67.